The van der Waals surface area contributed by atoms with Crippen molar-refractivity contribution in [2.24, 2.45) is 0 Å². The topological polar surface area (TPSA) is 29.3 Å². The van der Waals surface area contributed by atoms with E-state index in [4.69, 9.17) is 4.74 Å². The van der Waals surface area contributed by atoms with E-state index in [1.165, 1.54) is 17.0 Å². The van der Waals surface area contributed by atoms with Gasteiger partial charge in [-0.15, -0.1) is 0 Å². The molecule has 3 heteroatoms. The molecular weight excluding hydrogens is 274 g/mol. The molecule has 0 amide bonds. The summed E-state index contributed by atoms with van der Waals surface area (Å²) in [5, 5.41) is 0. The van der Waals surface area contributed by atoms with Gasteiger partial charge >= 0.3 is 5.97 Å². The Morgan fingerprint density at radius 3 is 2.68 bits per heavy atom. The zero-order chi connectivity index (χ0) is 16.2. The quantitative estimate of drug-likeness (QED) is 0.429. The molecule has 0 bridgehead atoms. The van der Waals surface area contributed by atoms with Crippen molar-refractivity contribution < 1.29 is 14.1 Å². The molecule has 1 heterocycles. The lowest BCUT2D eigenvalue weighted by Crippen LogP contribution is -2.29. The van der Waals surface area contributed by atoms with Crippen LogP contribution < -0.4 is 0 Å². The molecule has 0 aliphatic carbocycles. The predicted octanol–water partition coefficient (Wildman–Crippen LogP) is 4.21. The molecule has 22 heavy (non-hydrogen) atoms. The van der Waals surface area contributed by atoms with Crippen LogP contribution in [0.25, 0.3) is 0 Å². The van der Waals surface area contributed by atoms with Crippen molar-refractivity contribution >= 4 is 17.4 Å². The number of carbonyl (C=O) groups excluding carboxylic acids is 1. The van der Waals surface area contributed by atoms with Crippen molar-refractivity contribution in [2.45, 2.75) is 58.3 Å². The smallest absolute Gasteiger partial charge is 0.305 e. The third kappa shape index (κ3) is 3.23. The lowest BCUT2D eigenvalue weighted by molar-refractivity contribution is -0.403. The fourth-order valence-corrected chi connectivity index (χ4v) is 3.45. The monoisotopic (exact) mass is 302 g/mol. The van der Waals surface area contributed by atoms with Crippen LogP contribution >= 0.6 is 0 Å². The van der Waals surface area contributed by atoms with E-state index in [9.17, 15) is 4.79 Å². The minimum atomic E-state index is -0.0672. The van der Waals surface area contributed by atoms with Gasteiger partial charge in [-0.25, -0.2) is 4.58 Å². The van der Waals surface area contributed by atoms with Gasteiger partial charge in [-0.2, -0.15) is 0 Å². The summed E-state index contributed by atoms with van der Waals surface area (Å²) >= 11 is 0. The maximum atomic E-state index is 11.4. The maximum Gasteiger partial charge on any atom is 0.305 e. The number of esters is 1. The molecule has 0 radical (unpaired) electrons. The molecule has 0 spiro atoms. The van der Waals surface area contributed by atoms with Crippen LogP contribution in [0.4, 0.5) is 5.69 Å². The molecule has 3 nitrogen and oxygen atoms in total. The number of fused-ring (bicyclic) bond motifs is 1. The molecule has 1 aromatic rings. The fraction of sp³-hybridized carbons (Fsp3) is 0.579. The van der Waals surface area contributed by atoms with Crippen molar-refractivity contribution in [3.63, 3.8) is 0 Å². The van der Waals surface area contributed by atoms with Crippen LogP contribution in [0.3, 0.4) is 0 Å². The van der Waals surface area contributed by atoms with Gasteiger partial charge in [0.2, 0.25) is 5.69 Å². The van der Waals surface area contributed by atoms with Crippen LogP contribution in [0, 0.1) is 0 Å². The van der Waals surface area contributed by atoms with E-state index in [0.717, 1.165) is 25.7 Å². The summed E-state index contributed by atoms with van der Waals surface area (Å²) in [5.74, 6) is -0.0672. The second kappa shape index (κ2) is 7.08. The minimum absolute atomic E-state index is 0.0672. The molecule has 2 rings (SSSR count). The average molecular weight is 302 g/mol. The Morgan fingerprint density at radius 2 is 1.95 bits per heavy atom. The molecule has 120 valence electrons. The van der Waals surface area contributed by atoms with Gasteiger partial charge in [-0.3, -0.25) is 4.79 Å². The predicted molar refractivity (Wildman–Crippen MR) is 90.0 cm³/mol. The third-order valence-corrected chi connectivity index (χ3v) is 5.02. The van der Waals surface area contributed by atoms with Gasteiger partial charge in [-0.05, 0) is 26.7 Å². The molecule has 0 aromatic heterocycles. The normalized spacial score (nSPS) is 20.2. The van der Waals surface area contributed by atoms with Gasteiger partial charge in [0.25, 0.3) is 0 Å². The highest BCUT2D eigenvalue weighted by molar-refractivity contribution is 5.93. The maximum absolute atomic E-state index is 11.4. The SMILES string of the molecule is CCOC(=O)CCCCCC1(C)C(C)=[N+](C)c2ccccc21. The van der Waals surface area contributed by atoms with Gasteiger partial charge in [-0.1, -0.05) is 31.0 Å². The van der Waals surface area contributed by atoms with E-state index in [2.05, 4.69) is 49.7 Å². The first-order valence-corrected chi connectivity index (χ1v) is 8.33. The van der Waals surface area contributed by atoms with Crippen LogP contribution in [0.15, 0.2) is 24.3 Å². The van der Waals surface area contributed by atoms with Crippen molar-refractivity contribution in [3.05, 3.63) is 29.8 Å². The largest absolute Gasteiger partial charge is 0.466 e. The summed E-state index contributed by atoms with van der Waals surface area (Å²) in [6.07, 6.45) is 4.81. The summed E-state index contributed by atoms with van der Waals surface area (Å²) in [6.45, 7) is 6.91. The lowest BCUT2D eigenvalue weighted by Gasteiger charge is -2.22. The van der Waals surface area contributed by atoms with E-state index in [1.54, 1.807) is 0 Å². The summed E-state index contributed by atoms with van der Waals surface area (Å²) in [5.41, 5.74) is 4.29. The van der Waals surface area contributed by atoms with Crippen molar-refractivity contribution in [1.82, 2.24) is 0 Å². The van der Waals surface area contributed by atoms with E-state index in [1.807, 2.05) is 6.92 Å². The van der Waals surface area contributed by atoms with Crippen LogP contribution in [0.5, 0.6) is 0 Å². The number of rotatable bonds is 7. The summed E-state index contributed by atoms with van der Waals surface area (Å²) in [6, 6.07) is 8.68. The number of unbranched alkanes of at least 4 members (excludes halogenated alkanes) is 2. The average Bonchev–Trinajstić information content (AvgIpc) is 2.70. The van der Waals surface area contributed by atoms with E-state index in [0.29, 0.717) is 13.0 Å². The molecular formula is C19H28NO2+. The molecule has 1 aromatic carbocycles. The first-order valence-electron chi connectivity index (χ1n) is 8.33. The van der Waals surface area contributed by atoms with Crippen LogP contribution in [0.2, 0.25) is 0 Å². The van der Waals surface area contributed by atoms with Gasteiger partial charge in [0.15, 0.2) is 5.71 Å². The van der Waals surface area contributed by atoms with Gasteiger partial charge in [0, 0.05) is 25.0 Å². The molecule has 0 N–H and O–H groups in total. The Hall–Kier alpha value is -1.64. The minimum Gasteiger partial charge on any atom is -0.466 e. The van der Waals surface area contributed by atoms with E-state index >= 15 is 0 Å². The zero-order valence-corrected chi connectivity index (χ0v) is 14.3. The van der Waals surface area contributed by atoms with Crippen LogP contribution in [-0.4, -0.2) is 29.9 Å². The number of para-hydroxylation sites is 1. The number of ether oxygens (including phenoxy) is 1. The Bertz CT molecular complexity index is 577. The number of hydrogen-bond acceptors (Lipinski definition) is 2. The Kier molecular flexibility index (Phi) is 5.38. The van der Waals surface area contributed by atoms with Crippen molar-refractivity contribution in [3.8, 4) is 0 Å². The van der Waals surface area contributed by atoms with E-state index < -0.39 is 0 Å². The first-order chi connectivity index (χ1) is 10.5. The molecule has 0 saturated heterocycles. The standard InChI is InChI=1S/C19H28NO2/c1-5-22-18(21)13-7-6-10-14-19(3)15(2)20(4)17-12-9-8-11-16(17)19/h8-9,11-12H,5-7,10,13-14H2,1-4H3/q+1. The summed E-state index contributed by atoms with van der Waals surface area (Å²) in [4.78, 5) is 11.4. The molecule has 1 aliphatic rings. The fourth-order valence-electron chi connectivity index (χ4n) is 3.45. The van der Waals surface area contributed by atoms with Gasteiger partial charge < -0.3 is 4.74 Å². The second-order valence-electron chi connectivity index (χ2n) is 6.36. The van der Waals surface area contributed by atoms with Crippen LogP contribution in [0.1, 0.15) is 58.4 Å². The van der Waals surface area contributed by atoms with Crippen molar-refractivity contribution in [1.29, 1.82) is 0 Å². The molecule has 1 unspecified atom stereocenters. The highest BCUT2D eigenvalue weighted by Gasteiger charge is 2.44. The first kappa shape index (κ1) is 16.7. The Morgan fingerprint density at radius 1 is 1.23 bits per heavy atom. The number of nitrogens with zero attached hydrogens (tertiary/aromatic N) is 1. The Labute approximate surface area is 134 Å². The van der Waals surface area contributed by atoms with Gasteiger partial charge in [0.1, 0.15) is 7.05 Å². The molecule has 1 atom stereocenters. The Balaban J connectivity index is 1.91. The summed E-state index contributed by atoms with van der Waals surface area (Å²) < 4.78 is 7.28. The number of hydrogen-bond donors (Lipinski definition) is 0. The van der Waals surface area contributed by atoms with Crippen LogP contribution in [-0.2, 0) is 14.9 Å². The van der Waals surface area contributed by atoms with Crippen molar-refractivity contribution in [2.75, 3.05) is 13.7 Å². The lowest BCUT2D eigenvalue weighted by atomic mass is 9.76. The highest BCUT2D eigenvalue weighted by Crippen LogP contribution is 2.42. The molecule has 0 fully saturated rings. The zero-order valence-electron chi connectivity index (χ0n) is 14.3. The summed E-state index contributed by atoms with van der Waals surface area (Å²) in [7, 11) is 2.15. The van der Waals surface area contributed by atoms with Gasteiger partial charge in [0.05, 0.1) is 12.0 Å². The third-order valence-electron chi connectivity index (χ3n) is 5.02. The van der Waals surface area contributed by atoms with E-state index in [-0.39, 0.29) is 11.4 Å². The number of benzene rings is 1. The second-order valence-corrected chi connectivity index (χ2v) is 6.36. The number of carbonyl (C=O) groups is 1. The molecule has 1 aliphatic heterocycles. The highest BCUT2D eigenvalue weighted by atomic mass is 16.5. The molecule has 0 saturated carbocycles.